The number of hydrogen-bond donors (Lipinski definition) is 1. The number of unbranched alkanes of at least 4 members (excludes halogenated alkanes) is 1. The molecule has 2 rings (SSSR count). The Morgan fingerprint density at radius 2 is 1.90 bits per heavy atom. The molecule has 1 aliphatic rings. The first kappa shape index (κ1) is 16.3. The third-order valence-electron chi connectivity index (χ3n) is 4.06. The highest BCUT2D eigenvalue weighted by Crippen LogP contribution is 2.24. The highest BCUT2D eigenvalue weighted by Gasteiger charge is 2.13. The van der Waals surface area contributed by atoms with Gasteiger partial charge in [-0.1, -0.05) is 32.9 Å². The van der Waals surface area contributed by atoms with E-state index in [-0.39, 0.29) is 5.41 Å². The van der Waals surface area contributed by atoms with E-state index in [9.17, 15) is 0 Å². The summed E-state index contributed by atoms with van der Waals surface area (Å²) in [5.41, 5.74) is 2.85. The zero-order chi connectivity index (χ0) is 15.1. The lowest BCUT2D eigenvalue weighted by Crippen LogP contribution is -2.36. The van der Waals surface area contributed by atoms with E-state index in [1.54, 1.807) is 0 Å². The standard InChI is InChI=1S/C18H30N2O/c1-18(2,3)16-7-6-8-17(15-16)19-9-4-5-10-20-11-13-21-14-12-20/h6-8,15,19H,4-5,9-14H2,1-3H3. The Bertz CT molecular complexity index is 419. The monoisotopic (exact) mass is 290 g/mol. The van der Waals surface area contributed by atoms with Gasteiger partial charge in [0.25, 0.3) is 0 Å². The van der Waals surface area contributed by atoms with Crippen molar-refractivity contribution in [1.82, 2.24) is 4.90 Å². The van der Waals surface area contributed by atoms with Crippen molar-refractivity contribution in [3.63, 3.8) is 0 Å². The van der Waals surface area contributed by atoms with Gasteiger partial charge in [-0.3, -0.25) is 4.90 Å². The maximum atomic E-state index is 5.37. The number of ether oxygens (including phenoxy) is 1. The molecular formula is C18H30N2O. The molecule has 0 bridgehead atoms. The summed E-state index contributed by atoms with van der Waals surface area (Å²) in [4.78, 5) is 2.50. The van der Waals surface area contributed by atoms with Crippen molar-refractivity contribution in [3.05, 3.63) is 29.8 Å². The van der Waals surface area contributed by atoms with Crippen LogP contribution in [0.5, 0.6) is 0 Å². The lowest BCUT2D eigenvalue weighted by atomic mass is 9.87. The number of morpholine rings is 1. The first-order chi connectivity index (χ1) is 10.1. The molecule has 3 nitrogen and oxygen atoms in total. The van der Waals surface area contributed by atoms with Crippen LogP contribution in [0.4, 0.5) is 5.69 Å². The molecule has 1 aromatic carbocycles. The molecule has 1 N–H and O–H groups in total. The molecule has 0 saturated carbocycles. The van der Waals surface area contributed by atoms with Gasteiger partial charge in [-0.05, 0) is 42.5 Å². The maximum Gasteiger partial charge on any atom is 0.0594 e. The molecule has 0 aromatic heterocycles. The van der Waals surface area contributed by atoms with E-state index in [0.29, 0.717) is 0 Å². The molecule has 0 spiro atoms. The van der Waals surface area contributed by atoms with Crippen LogP contribution in [0.25, 0.3) is 0 Å². The van der Waals surface area contributed by atoms with Crippen molar-refractivity contribution in [2.45, 2.75) is 39.0 Å². The third-order valence-corrected chi connectivity index (χ3v) is 4.06. The van der Waals surface area contributed by atoms with E-state index in [1.807, 2.05) is 0 Å². The molecule has 1 fully saturated rings. The minimum Gasteiger partial charge on any atom is -0.385 e. The highest BCUT2D eigenvalue weighted by atomic mass is 16.5. The predicted octanol–water partition coefficient (Wildman–Crippen LogP) is 3.51. The first-order valence-corrected chi connectivity index (χ1v) is 8.20. The number of hydrogen-bond acceptors (Lipinski definition) is 3. The molecule has 0 atom stereocenters. The van der Waals surface area contributed by atoms with E-state index < -0.39 is 0 Å². The van der Waals surface area contributed by atoms with Crippen LogP contribution in [0, 0.1) is 0 Å². The predicted molar refractivity (Wildman–Crippen MR) is 90.1 cm³/mol. The quantitative estimate of drug-likeness (QED) is 0.811. The fourth-order valence-corrected chi connectivity index (χ4v) is 2.61. The molecular weight excluding hydrogens is 260 g/mol. The average Bonchev–Trinajstić information content (AvgIpc) is 2.47. The zero-order valence-electron chi connectivity index (χ0n) is 13.8. The van der Waals surface area contributed by atoms with Gasteiger partial charge in [0.1, 0.15) is 0 Å². The van der Waals surface area contributed by atoms with Gasteiger partial charge in [-0.25, -0.2) is 0 Å². The summed E-state index contributed by atoms with van der Waals surface area (Å²) in [7, 11) is 0. The van der Waals surface area contributed by atoms with Crippen molar-refractivity contribution < 1.29 is 4.74 Å². The van der Waals surface area contributed by atoms with Gasteiger partial charge in [0.15, 0.2) is 0 Å². The molecule has 118 valence electrons. The van der Waals surface area contributed by atoms with Crippen LogP contribution in [0.2, 0.25) is 0 Å². The van der Waals surface area contributed by atoms with Gasteiger partial charge < -0.3 is 10.1 Å². The maximum absolute atomic E-state index is 5.37. The molecule has 1 aromatic rings. The molecule has 1 heterocycles. The number of anilines is 1. The molecule has 1 saturated heterocycles. The van der Waals surface area contributed by atoms with Crippen LogP contribution in [0.1, 0.15) is 39.2 Å². The summed E-state index contributed by atoms with van der Waals surface area (Å²) in [5.74, 6) is 0. The normalized spacial score (nSPS) is 16.9. The Hall–Kier alpha value is -1.06. The van der Waals surface area contributed by atoms with Crippen LogP contribution < -0.4 is 5.32 Å². The summed E-state index contributed by atoms with van der Waals surface area (Å²) in [6, 6.07) is 8.81. The van der Waals surface area contributed by atoms with Crippen LogP contribution in [-0.4, -0.2) is 44.3 Å². The van der Waals surface area contributed by atoms with Crippen molar-refractivity contribution in [3.8, 4) is 0 Å². The second-order valence-electron chi connectivity index (χ2n) is 6.92. The van der Waals surface area contributed by atoms with Gasteiger partial charge in [0, 0.05) is 25.3 Å². The van der Waals surface area contributed by atoms with Gasteiger partial charge in [0.2, 0.25) is 0 Å². The van der Waals surface area contributed by atoms with Crippen LogP contribution in [0.15, 0.2) is 24.3 Å². The lowest BCUT2D eigenvalue weighted by Gasteiger charge is -2.26. The van der Waals surface area contributed by atoms with Crippen molar-refractivity contribution >= 4 is 5.69 Å². The largest absolute Gasteiger partial charge is 0.385 e. The Morgan fingerprint density at radius 3 is 2.62 bits per heavy atom. The second-order valence-corrected chi connectivity index (χ2v) is 6.92. The van der Waals surface area contributed by atoms with Crippen LogP contribution >= 0.6 is 0 Å². The molecule has 0 aliphatic carbocycles. The molecule has 0 unspecified atom stereocenters. The zero-order valence-corrected chi connectivity index (χ0v) is 13.8. The smallest absolute Gasteiger partial charge is 0.0594 e. The number of nitrogens with zero attached hydrogens (tertiary/aromatic N) is 1. The molecule has 3 heteroatoms. The first-order valence-electron chi connectivity index (χ1n) is 8.20. The molecule has 21 heavy (non-hydrogen) atoms. The molecule has 0 amide bonds. The Balaban J connectivity index is 1.66. The Morgan fingerprint density at radius 1 is 1.14 bits per heavy atom. The fraction of sp³-hybridized carbons (Fsp3) is 0.667. The molecule has 1 aliphatic heterocycles. The van der Waals surface area contributed by atoms with Gasteiger partial charge in [0.05, 0.1) is 13.2 Å². The minimum absolute atomic E-state index is 0.216. The third kappa shape index (κ3) is 5.68. The van der Waals surface area contributed by atoms with Crippen LogP contribution in [-0.2, 0) is 10.2 Å². The SMILES string of the molecule is CC(C)(C)c1cccc(NCCCCN2CCOCC2)c1. The topological polar surface area (TPSA) is 24.5 Å². The van der Waals surface area contributed by atoms with E-state index in [2.05, 4.69) is 55.3 Å². The number of rotatable bonds is 6. The lowest BCUT2D eigenvalue weighted by molar-refractivity contribution is 0.0373. The number of nitrogens with one attached hydrogen (secondary N) is 1. The fourth-order valence-electron chi connectivity index (χ4n) is 2.61. The second kappa shape index (κ2) is 7.81. The molecule has 0 radical (unpaired) electrons. The van der Waals surface area contributed by atoms with E-state index in [1.165, 1.54) is 30.6 Å². The summed E-state index contributed by atoms with van der Waals surface area (Å²) in [6.45, 7) is 13.0. The van der Waals surface area contributed by atoms with Crippen molar-refractivity contribution in [2.24, 2.45) is 0 Å². The highest BCUT2D eigenvalue weighted by molar-refractivity contribution is 5.47. The number of benzene rings is 1. The Kier molecular flexibility index (Phi) is 6.07. The summed E-state index contributed by atoms with van der Waals surface area (Å²) in [5, 5.41) is 3.55. The van der Waals surface area contributed by atoms with Crippen molar-refractivity contribution in [2.75, 3.05) is 44.7 Å². The van der Waals surface area contributed by atoms with E-state index >= 15 is 0 Å². The van der Waals surface area contributed by atoms with Crippen molar-refractivity contribution in [1.29, 1.82) is 0 Å². The minimum atomic E-state index is 0.216. The Labute approximate surface area is 129 Å². The van der Waals surface area contributed by atoms with Gasteiger partial charge in [-0.15, -0.1) is 0 Å². The van der Waals surface area contributed by atoms with E-state index in [4.69, 9.17) is 4.74 Å². The van der Waals surface area contributed by atoms with E-state index in [0.717, 1.165) is 32.8 Å². The summed E-state index contributed by atoms with van der Waals surface area (Å²) < 4.78 is 5.37. The van der Waals surface area contributed by atoms with Gasteiger partial charge in [-0.2, -0.15) is 0 Å². The van der Waals surface area contributed by atoms with Crippen LogP contribution in [0.3, 0.4) is 0 Å². The average molecular weight is 290 g/mol. The summed E-state index contributed by atoms with van der Waals surface area (Å²) >= 11 is 0. The van der Waals surface area contributed by atoms with Gasteiger partial charge >= 0.3 is 0 Å². The summed E-state index contributed by atoms with van der Waals surface area (Å²) in [6.07, 6.45) is 2.48.